The van der Waals surface area contributed by atoms with Gasteiger partial charge < -0.3 is 9.47 Å². The number of alkyl halides is 4. The summed E-state index contributed by atoms with van der Waals surface area (Å²) in [6, 6.07) is 7.22. The molecule has 0 saturated carbocycles. The molecule has 1 aromatic heterocycles. The van der Waals surface area contributed by atoms with E-state index >= 15 is 0 Å². The summed E-state index contributed by atoms with van der Waals surface area (Å²) in [4.78, 5) is 4.02. The van der Waals surface area contributed by atoms with Crippen molar-refractivity contribution in [3.05, 3.63) is 46.6 Å². The van der Waals surface area contributed by atoms with Crippen molar-refractivity contribution in [1.82, 2.24) is 4.98 Å². The minimum atomic E-state index is -4.75. The van der Waals surface area contributed by atoms with Gasteiger partial charge in [-0.3, -0.25) is 0 Å². The second-order valence-corrected chi connectivity index (χ2v) is 5.00. The van der Waals surface area contributed by atoms with E-state index in [1.54, 1.807) is 18.3 Å². The summed E-state index contributed by atoms with van der Waals surface area (Å²) in [5, 5.41) is 0. The highest BCUT2D eigenvalue weighted by Gasteiger charge is 2.32. The summed E-state index contributed by atoms with van der Waals surface area (Å²) in [6.45, 7) is 0. The summed E-state index contributed by atoms with van der Waals surface area (Å²) in [5.41, 5.74) is 0.833. The van der Waals surface area contributed by atoms with Crippen molar-refractivity contribution in [2.45, 2.75) is 12.2 Å². The summed E-state index contributed by atoms with van der Waals surface area (Å²) in [7, 11) is 0. The lowest BCUT2D eigenvalue weighted by Gasteiger charge is -2.11. The minimum absolute atomic E-state index is 0.120. The summed E-state index contributed by atoms with van der Waals surface area (Å²) < 4.78 is 45.8. The Morgan fingerprint density at radius 1 is 1.19 bits per heavy atom. The summed E-state index contributed by atoms with van der Waals surface area (Å²) in [5.74, 6) is 0.616. The fourth-order valence-corrected chi connectivity index (χ4v) is 2.02. The van der Waals surface area contributed by atoms with Gasteiger partial charge in [0, 0.05) is 18.1 Å². The molecule has 8 heteroatoms. The molecule has 0 atom stereocenters. The van der Waals surface area contributed by atoms with Crippen molar-refractivity contribution in [2.75, 3.05) is 0 Å². The van der Waals surface area contributed by atoms with Gasteiger partial charge in [0.15, 0.2) is 0 Å². The van der Waals surface area contributed by atoms with Crippen molar-refractivity contribution in [3.63, 3.8) is 0 Å². The molecule has 0 aliphatic carbocycles. The van der Waals surface area contributed by atoms with Crippen LogP contribution in [0.3, 0.4) is 0 Å². The van der Waals surface area contributed by atoms with Crippen LogP contribution in [-0.2, 0) is 5.88 Å². The normalized spacial score (nSPS) is 11.3. The molecule has 1 aromatic carbocycles. The highest BCUT2D eigenvalue weighted by atomic mass is 79.9. The van der Waals surface area contributed by atoms with Crippen LogP contribution in [0.25, 0.3) is 0 Å². The van der Waals surface area contributed by atoms with E-state index in [-0.39, 0.29) is 10.2 Å². The molecule has 0 saturated heterocycles. The highest BCUT2D eigenvalue weighted by molar-refractivity contribution is 9.10. The van der Waals surface area contributed by atoms with E-state index in [0.717, 1.165) is 11.6 Å². The van der Waals surface area contributed by atoms with Gasteiger partial charge in [-0.1, -0.05) is 6.07 Å². The zero-order valence-corrected chi connectivity index (χ0v) is 12.7. The summed E-state index contributed by atoms with van der Waals surface area (Å²) in [6.07, 6.45) is -3.19. The predicted molar refractivity (Wildman–Crippen MR) is 74.7 cm³/mol. The minimum Gasteiger partial charge on any atom is -0.439 e. The number of rotatable bonds is 4. The van der Waals surface area contributed by atoms with Crippen molar-refractivity contribution in [3.8, 4) is 17.4 Å². The fourth-order valence-electron chi connectivity index (χ4n) is 1.42. The first kappa shape index (κ1) is 15.9. The lowest BCUT2D eigenvalue weighted by Crippen LogP contribution is -2.17. The lowest BCUT2D eigenvalue weighted by atomic mass is 10.3. The number of halogens is 5. The van der Waals surface area contributed by atoms with Gasteiger partial charge in [-0.25, -0.2) is 4.98 Å². The molecule has 0 radical (unpaired) electrons. The maximum atomic E-state index is 12.1. The Hall–Kier alpha value is -1.47. The van der Waals surface area contributed by atoms with Crippen LogP contribution in [0.1, 0.15) is 5.56 Å². The van der Waals surface area contributed by atoms with Crippen LogP contribution in [0, 0.1) is 0 Å². The largest absolute Gasteiger partial charge is 0.573 e. The van der Waals surface area contributed by atoms with Gasteiger partial charge in [-0.15, -0.1) is 24.8 Å². The Morgan fingerprint density at radius 2 is 1.95 bits per heavy atom. The molecular formula is C13H8BrClF3NO2. The molecule has 0 N–H and O–H groups in total. The van der Waals surface area contributed by atoms with Gasteiger partial charge in [0.25, 0.3) is 0 Å². The number of pyridine rings is 1. The first-order valence-electron chi connectivity index (χ1n) is 5.61. The van der Waals surface area contributed by atoms with E-state index in [1.165, 1.54) is 12.1 Å². The number of ether oxygens (including phenoxy) is 2. The molecule has 1 heterocycles. The van der Waals surface area contributed by atoms with Crippen molar-refractivity contribution < 1.29 is 22.6 Å². The number of nitrogens with zero attached hydrogens (tertiary/aromatic N) is 1. The van der Waals surface area contributed by atoms with E-state index in [0.29, 0.717) is 17.5 Å². The van der Waals surface area contributed by atoms with E-state index in [2.05, 4.69) is 25.7 Å². The van der Waals surface area contributed by atoms with Gasteiger partial charge in [0.1, 0.15) is 11.5 Å². The van der Waals surface area contributed by atoms with Crippen molar-refractivity contribution in [2.24, 2.45) is 0 Å². The molecule has 0 amide bonds. The Kier molecular flexibility index (Phi) is 4.95. The number of hydrogen-bond acceptors (Lipinski definition) is 3. The molecule has 3 nitrogen and oxygen atoms in total. The molecule has 0 fully saturated rings. The monoisotopic (exact) mass is 381 g/mol. The third-order valence-electron chi connectivity index (χ3n) is 2.30. The Balaban J connectivity index is 2.12. The maximum Gasteiger partial charge on any atom is 0.573 e. The molecule has 2 rings (SSSR count). The number of benzene rings is 1. The fraction of sp³-hybridized carbons (Fsp3) is 0.154. The smallest absolute Gasteiger partial charge is 0.439 e. The molecule has 112 valence electrons. The Morgan fingerprint density at radius 3 is 2.48 bits per heavy atom. The summed E-state index contributed by atoms with van der Waals surface area (Å²) >= 11 is 8.63. The van der Waals surface area contributed by atoms with Gasteiger partial charge >= 0.3 is 6.36 Å². The zero-order valence-electron chi connectivity index (χ0n) is 10.3. The van der Waals surface area contributed by atoms with Crippen molar-refractivity contribution in [1.29, 1.82) is 0 Å². The Labute approximate surface area is 131 Å². The second-order valence-electron chi connectivity index (χ2n) is 3.88. The van der Waals surface area contributed by atoms with Crippen LogP contribution < -0.4 is 9.47 Å². The van der Waals surface area contributed by atoms with Crippen LogP contribution in [0.5, 0.6) is 17.4 Å². The van der Waals surface area contributed by atoms with Gasteiger partial charge in [-0.2, -0.15) is 0 Å². The standard InChI is InChI=1S/C13H8BrClF3NO2/c14-10-5-9(2-3-11(10)21-13(16,17)18)20-12-4-1-8(6-15)7-19-12/h1-5,7H,6H2. The third-order valence-corrected chi connectivity index (χ3v) is 3.23. The first-order valence-corrected chi connectivity index (χ1v) is 6.94. The highest BCUT2D eigenvalue weighted by Crippen LogP contribution is 2.34. The molecule has 0 unspecified atom stereocenters. The molecule has 0 spiro atoms. The van der Waals surface area contributed by atoms with Crippen molar-refractivity contribution >= 4 is 27.5 Å². The zero-order chi connectivity index (χ0) is 15.5. The van der Waals surface area contributed by atoms with Crippen LogP contribution in [0.2, 0.25) is 0 Å². The molecular weight excluding hydrogens is 374 g/mol. The van der Waals surface area contributed by atoms with Crippen LogP contribution in [0.15, 0.2) is 41.0 Å². The van der Waals surface area contributed by atoms with Gasteiger partial charge in [-0.05, 0) is 39.7 Å². The van der Waals surface area contributed by atoms with E-state index in [4.69, 9.17) is 16.3 Å². The topological polar surface area (TPSA) is 31.4 Å². The van der Waals surface area contributed by atoms with Crippen LogP contribution in [-0.4, -0.2) is 11.3 Å². The first-order chi connectivity index (χ1) is 9.87. The molecule has 2 aromatic rings. The van der Waals surface area contributed by atoms with Crippen LogP contribution >= 0.6 is 27.5 Å². The molecule has 21 heavy (non-hydrogen) atoms. The van der Waals surface area contributed by atoms with E-state index < -0.39 is 6.36 Å². The molecule has 0 aliphatic heterocycles. The number of aromatic nitrogens is 1. The second kappa shape index (κ2) is 6.53. The maximum absolute atomic E-state index is 12.1. The predicted octanol–water partition coefficient (Wildman–Crippen LogP) is 5.27. The van der Waals surface area contributed by atoms with Gasteiger partial charge in [0.2, 0.25) is 5.88 Å². The van der Waals surface area contributed by atoms with Crippen LogP contribution in [0.4, 0.5) is 13.2 Å². The van der Waals surface area contributed by atoms with Gasteiger partial charge in [0.05, 0.1) is 4.47 Å². The van der Waals surface area contributed by atoms with E-state index in [9.17, 15) is 13.2 Å². The van der Waals surface area contributed by atoms with E-state index in [1.807, 2.05) is 0 Å². The SMILES string of the molecule is FC(F)(F)Oc1ccc(Oc2ccc(CCl)cn2)cc1Br. The Bertz CT molecular complexity index is 620. The molecule has 0 aliphatic rings. The quantitative estimate of drug-likeness (QED) is 0.675. The lowest BCUT2D eigenvalue weighted by molar-refractivity contribution is -0.274. The molecule has 0 bridgehead atoms. The average molecular weight is 383 g/mol. The average Bonchev–Trinajstić information content (AvgIpc) is 2.41. The number of hydrogen-bond donors (Lipinski definition) is 0. The third kappa shape index (κ3) is 4.78.